The summed E-state index contributed by atoms with van der Waals surface area (Å²) in [6.07, 6.45) is 0.891. The van der Waals surface area contributed by atoms with Gasteiger partial charge in [-0.25, -0.2) is 17.8 Å². The summed E-state index contributed by atoms with van der Waals surface area (Å²) in [6.45, 7) is 1.84. The number of nitrogens with one attached hydrogen (secondary N) is 1. The van der Waals surface area contributed by atoms with Crippen LogP contribution in [0.3, 0.4) is 0 Å². The molecule has 0 radical (unpaired) electrons. The maximum Gasteiger partial charge on any atom is 0.263 e. The molecule has 142 valence electrons. The SMILES string of the molecule is Cc1ccc(Oc2ccc(S(=O)(=O)Nc3ccc(F)cn3)cc2C#N)cc1Cl. The second-order valence-electron chi connectivity index (χ2n) is 5.75. The second-order valence-corrected chi connectivity index (χ2v) is 7.84. The zero-order valence-electron chi connectivity index (χ0n) is 14.5. The summed E-state index contributed by atoms with van der Waals surface area (Å²) in [7, 11) is -4.02. The van der Waals surface area contributed by atoms with E-state index < -0.39 is 15.8 Å². The molecule has 9 heteroatoms. The Morgan fingerprint density at radius 3 is 2.61 bits per heavy atom. The van der Waals surface area contributed by atoms with Gasteiger partial charge in [0.05, 0.1) is 16.7 Å². The van der Waals surface area contributed by atoms with Crippen LogP contribution in [0, 0.1) is 24.1 Å². The van der Waals surface area contributed by atoms with E-state index in [2.05, 4.69) is 9.71 Å². The Bertz CT molecular complexity index is 1180. The van der Waals surface area contributed by atoms with Gasteiger partial charge in [-0.15, -0.1) is 0 Å². The number of hydrogen-bond donors (Lipinski definition) is 1. The summed E-state index contributed by atoms with van der Waals surface area (Å²) in [4.78, 5) is 3.49. The molecular formula is C19H13ClFN3O3S. The number of ether oxygens (including phenoxy) is 1. The van der Waals surface area contributed by atoms with Crippen LogP contribution < -0.4 is 9.46 Å². The third-order valence-electron chi connectivity index (χ3n) is 3.72. The first-order chi connectivity index (χ1) is 13.3. The largest absolute Gasteiger partial charge is 0.456 e. The highest BCUT2D eigenvalue weighted by Crippen LogP contribution is 2.30. The predicted octanol–water partition coefficient (Wildman–Crippen LogP) is 4.65. The van der Waals surface area contributed by atoms with Crippen LogP contribution in [0.4, 0.5) is 10.2 Å². The predicted molar refractivity (Wildman–Crippen MR) is 102 cm³/mol. The Balaban J connectivity index is 1.88. The molecule has 1 N–H and O–H groups in total. The van der Waals surface area contributed by atoms with Crippen molar-refractivity contribution in [2.45, 2.75) is 11.8 Å². The lowest BCUT2D eigenvalue weighted by atomic mass is 10.2. The Morgan fingerprint density at radius 2 is 1.96 bits per heavy atom. The number of aromatic nitrogens is 1. The Kier molecular flexibility index (Phi) is 5.49. The molecule has 0 aliphatic carbocycles. The van der Waals surface area contributed by atoms with E-state index in [9.17, 15) is 18.1 Å². The van der Waals surface area contributed by atoms with Crippen LogP contribution in [0.1, 0.15) is 11.1 Å². The minimum absolute atomic E-state index is 0.0200. The van der Waals surface area contributed by atoms with E-state index >= 15 is 0 Å². The van der Waals surface area contributed by atoms with Crippen LogP contribution in [0.5, 0.6) is 11.5 Å². The van der Waals surface area contributed by atoms with Gasteiger partial charge < -0.3 is 4.74 Å². The molecule has 28 heavy (non-hydrogen) atoms. The first-order valence-corrected chi connectivity index (χ1v) is 9.77. The molecule has 3 aromatic rings. The number of nitrogens with zero attached hydrogens (tertiary/aromatic N) is 2. The second kappa shape index (κ2) is 7.84. The van der Waals surface area contributed by atoms with Crippen molar-refractivity contribution < 1.29 is 17.5 Å². The number of anilines is 1. The minimum Gasteiger partial charge on any atom is -0.456 e. The van der Waals surface area contributed by atoms with E-state index in [1.165, 1.54) is 24.3 Å². The van der Waals surface area contributed by atoms with E-state index in [0.29, 0.717) is 10.8 Å². The molecule has 6 nitrogen and oxygen atoms in total. The molecule has 0 aliphatic heterocycles. The number of sulfonamides is 1. The highest BCUT2D eigenvalue weighted by molar-refractivity contribution is 7.92. The van der Waals surface area contributed by atoms with Gasteiger partial charge in [0.2, 0.25) is 0 Å². The first-order valence-electron chi connectivity index (χ1n) is 7.91. The van der Waals surface area contributed by atoms with Gasteiger partial charge in [0.15, 0.2) is 0 Å². The molecule has 0 bridgehead atoms. The summed E-state index contributed by atoms with van der Waals surface area (Å²) in [5.41, 5.74) is 0.892. The molecule has 3 rings (SSSR count). The van der Waals surface area contributed by atoms with Gasteiger partial charge in [-0.2, -0.15) is 5.26 Å². The molecule has 2 aromatic carbocycles. The van der Waals surface area contributed by atoms with Crippen molar-refractivity contribution in [2.24, 2.45) is 0 Å². The molecular weight excluding hydrogens is 405 g/mol. The van der Waals surface area contributed by atoms with Gasteiger partial charge in [0.25, 0.3) is 10.0 Å². The van der Waals surface area contributed by atoms with Gasteiger partial charge in [-0.05, 0) is 55.0 Å². The maximum atomic E-state index is 12.9. The number of hydrogen-bond acceptors (Lipinski definition) is 5. The fourth-order valence-electron chi connectivity index (χ4n) is 2.25. The van der Waals surface area contributed by atoms with Gasteiger partial charge in [-0.3, -0.25) is 4.72 Å². The molecule has 1 aromatic heterocycles. The van der Waals surface area contributed by atoms with Gasteiger partial charge in [0.1, 0.15) is 29.2 Å². The number of rotatable bonds is 5. The van der Waals surface area contributed by atoms with Crippen LogP contribution >= 0.6 is 11.6 Å². The van der Waals surface area contributed by atoms with E-state index in [0.717, 1.165) is 17.8 Å². The zero-order chi connectivity index (χ0) is 20.3. The molecule has 0 unspecified atom stereocenters. The van der Waals surface area contributed by atoms with Gasteiger partial charge in [-0.1, -0.05) is 17.7 Å². The van der Waals surface area contributed by atoms with Crippen molar-refractivity contribution in [1.82, 2.24) is 4.98 Å². The summed E-state index contributed by atoms with van der Waals surface area (Å²) < 4.78 is 45.8. The first kappa shape index (κ1) is 19.6. The topological polar surface area (TPSA) is 92.1 Å². The maximum absolute atomic E-state index is 12.9. The lowest BCUT2D eigenvalue weighted by Crippen LogP contribution is -2.14. The average molecular weight is 418 g/mol. The average Bonchev–Trinajstić information content (AvgIpc) is 2.66. The van der Waals surface area contributed by atoms with E-state index in [-0.39, 0.29) is 22.0 Å². The molecule has 0 spiro atoms. The highest BCUT2D eigenvalue weighted by atomic mass is 35.5. The fourth-order valence-corrected chi connectivity index (χ4v) is 3.45. The number of pyridine rings is 1. The third-order valence-corrected chi connectivity index (χ3v) is 5.48. The van der Waals surface area contributed by atoms with E-state index in [1.54, 1.807) is 18.2 Å². The van der Waals surface area contributed by atoms with Crippen LogP contribution in [-0.4, -0.2) is 13.4 Å². The zero-order valence-corrected chi connectivity index (χ0v) is 16.1. The van der Waals surface area contributed by atoms with Gasteiger partial charge in [0, 0.05) is 5.02 Å². The summed E-state index contributed by atoms with van der Waals surface area (Å²) in [5, 5.41) is 9.89. The third kappa shape index (κ3) is 4.39. The summed E-state index contributed by atoms with van der Waals surface area (Å²) in [6, 6.07) is 13.1. The summed E-state index contributed by atoms with van der Waals surface area (Å²) in [5.74, 6) is -0.0421. The Hall–Kier alpha value is -3.15. The summed E-state index contributed by atoms with van der Waals surface area (Å²) >= 11 is 6.06. The van der Waals surface area contributed by atoms with Crippen LogP contribution in [-0.2, 0) is 10.0 Å². The number of nitriles is 1. The van der Waals surface area contributed by atoms with Crippen LogP contribution in [0.15, 0.2) is 59.6 Å². The number of halogens is 2. The molecule has 0 amide bonds. The lowest BCUT2D eigenvalue weighted by molar-refractivity contribution is 0.480. The molecule has 0 saturated heterocycles. The monoisotopic (exact) mass is 417 g/mol. The smallest absolute Gasteiger partial charge is 0.263 e. The van der Waals surface area contributed by atoms with Gasteiger partial charge >= 0.3 is 0 Å². The van der Waals surface area contributed by atoms with E-state index in [4.69, 9.17) is 16.3 Å². The molecule has 0 aliphatic rings. The van der Waals surface area contributed by atoms with Crippen molar-refractivity contribution in [1.29, 1.82) is 5.26 Å². The van der Waals surface area contributed by atoms with E-state index in [1.807, 2.05) is 13.0 Å². The normalized spacial score (nSPS) is 10.9. The standard InChI is InChI=1S/C19H13ClFN3O3S/c1-12-2-4-15(9-17(12)20)27-18-6-5-16(8-13(18)10-22)28(25,26)24-19-7-3-14(21)11-23-19/h2-9,11H,1H3,(H,23,24). The molecule has 1 heterocycles. The minimum atomic E-state index is -4.02. The van der Waals surface area contributed by atoms with Crippen molar-refractivity contribution in [3.8, 4) is 17.6 Å². The number of aryl methyl sites for hydroxylation is 1. The van der Waals surface area contributed by atoms with Crippen molar-refractivity contribution in [3.05, 3.63) is 76.7 Å². The Morgan fingerprint density at radius 1 is 1.18 bits per heavy atom. The van der Waals surface area contributed by atoms with Crippen molar-refractivity contribution in [2.75, 3.05) is 4.72 Å². The van der Waals surface area contributed by atoms with Crippen molar-refractivity contribution >= 4 is 27.4 Å². The lowest BCUT2D eigenvalue weighted by Gasteiger charge is -2.11. The van der Waals surface area contributed by atoms with Crippen molar-refractivity contribution in [3.63, 3.8) is 0 Å². The Labute approximate surface area is 166 Å². The fraction of sp³-hybridized carbons (Fsp3) is 0.0526. The van der Waals surface area contributed by atoms with Crippen LogP contribution in [0.2, 0.25) is 5.02 Å². The molecule has 0 fully saturated rings. The van der Waals surface area contributed by atoms with Crippen LogP contribution in [0.25, 0.3) is 0 Å². The molecule has 0 atom stereocenters. The number of benzene rings is 2. The highest BCUT2D eigenvalue weighted by Gasteiger charge is 2.18. The molecule has 0 saturated carbocycles. The quantitative estimate of drug-likeness (QED) is 0.652.